The minimum Gasteiger partial charge on any atom is -0.387 e. The first-order valence-electron chi connectivity index (χ1n) is 5.97. The van der Waals surface area contributed by atoms with Crippen molar-refractivity contribution in [3.05, 3.63) is 63.9 Å². The van der Waals surface area contributed by atoms with Gasteiger partial charge in [-0.2, -0.15) is 5.26 Å². The first kappa shape index (κ1) is 14.5. The van der Waals surface area contributed by atoms with Crippen molar-refractivity contribution >= 4 is 21.6 Å². The summed E-state index contributed by atoms with van der Waals surface area (Å²) < 4.78 is 14.3. The molecular weight excluding hydrogens is 323 g/mol. The minimum absolute atomic E-state index is 0.180. The quantitative estimate of drug-likeness (QED) is 0.898. The molecule has 2 N–H and O–H groups in total. The Morgan fingerprint density at radius 2 is 1.95 bits per heavy atom. The third-order valence-electron chi connectivity index (χ3n) is 2.84. The zero-order valence-electron chi connectivity index (χ0n) is 10.5. The number of nitrogens with zero attached hydrogens (tertiary/aromatic N) is 1. The van der Waals surface area contributed by atoms with Crippen LogP contribution in [0.3, 0.4) is 0 Å². The Balaban J connectivity index is 2.02. The molecule has 20 heavy (non-hydrogen) atoms. The van der Waals surface area contributed by atoms with E-state index in [0.717, 1.165) is 4.47 Å². The maximum Gasteiger partial charge on any atom is 0.146 e. The van der Waals surface area contributed by atoms with Gasteiger partial charge in [0.25, 0.3) is 0 Å². The molecule has 0 saturated heterocycles. The number of hydrogen-bond acceptors (Lipinski definition) is 3. The highest BCUT2D eigenvalue weighted by molar-refractivity contribution is 9.10. The minimum atomic E-state index is -0.777. The lowest BCUT2D eigenvalue weighted by Crippen LogP contribution is -2.13. The van der Waals surface area contributed by atoms with Crippen LogP contribution in [0, 0.1) is 17.1 Å². The molecule has 0 aromatic heterocycles. The van der Waals surface area contributed by atoms with Crippen molar-refractivity contribution < 1.29 is 9.50 Å². The summed E-state index contributed by atoms with van der Waals surface area (Å²) in [6.45, 7) is 0.180. The maximum atomic E-state index is 13.5. The highest BCUT2D eigenvalue weighted by Gasteiger charge is 2.09. The number of rotatable bonds is 4. The van der Waals surface area contributed by atoms with Gasteiger partial charge in [-0.15, -0.1) is 0 Å². The Kier molecular flexibility index (Phi) is 4.72. The average Bonchev–Trinajstić information content (AvgIpc) is 2.48. The van der Waals surface area contributed by atoms with Gasteiger partial charge in [0.1, 0.15) is 5.82 Å². The summed E-state index contributed by atoms with van der Waals surface area (Å²) in [6.07, 6.45) is -0.777. The van der Waals surface area contributed by atoms with Crippen LogP contribution in [-0.4, -0.2) is 11.7 Å². The molecule has 3 nitrogen and oxygen atoms in total. The zero-order valence-corrected chi connectivity index (χ0v) is 12.1. The van der Waals surface area contributed by atoms with Gasteiger partial charge in [-0.3, -0.25) is 0 Å². The van der Waals surface area contributed by atoms with Crippen molar-refractivity contribution in [2.45, 2.75) is 6.10 Å². The molecule has 0 fully saturated rings. The van der Waals surface area contributed by atoms with Gasteiger partial charge < -0.3 is 10.4 Å². The van der Waals surface area contributed by atoms with Gasteiger partial charge in [0.2, 0.25) is 0 Å². The first-order chi connectivity index (χ1) is 9.60. The zero-order chi connectivity index (χ0) is 14.5. The second-order valence-corrected chi connectivity index (χ2v) is 5.17. The smallest absolute Gasteiger partial charge is 0.146 e. The SMILES string of the molecule is N#Cc1ccc(C(O)CNc2cc(Br)ccc2F)cc1. The molecule has 0 bridgehead atoms. The summed E-state index contributed by atoms with van der Waals surface area (Å²) in [5.74, 6) is -0.375. The molecule has 102 valence electrons. The van der Waals surface area contributed by atoms with E-state index in [4.69, 9.17) is 5.26 Å². The highest BCUT2D eigenvalue weighted by Crippen LogP contribution is 2.21. The summed E-state index contributed by atoms with van der Waals surface area (Å²) in [7, 11) is 0. The number of anilines is 1. The number of nitrogens with one attached hydrogen (secondary N) is 1. The van der Waals surface area contributed by atoms with E-state index >= 15 is 0 Å². The van der Waals surface area contributed by atoms with Crippen LogP contribution in [0.4, 0.5) is 10.1 Å². The molecule has 0 amide bonds. The maximum absolute atomic E-state index is 13.5. The lowest BCUT2D eigenvalue weighted by Gasteiger charge is -2.14. The van der Waals surface area contributed by atoms with Gasteiger partial charge in [-0.1, -0.05) is 28.1 Å². The van der Waals surface area contributed by atoms with Crippen LogP contribution in [0.5, 0.6) is 0 Å². The summed E-state index contributed by atoms with van der Waals surface area (Å²) in [5, 5.41) is 21.6. The number of hydrogen-bond donors (Lipinski definition) is 2. The lowest BCUT2D eigenvalue weighted by atomic mass is 10.1. The highest BCUT2D eigenvalue weighted by atomic mass is 79.9. The van der Waals surface area contributed by atoms with Crippen molar-refractivity contribution in [1.82, 2.24) is 0 Å². The number of halogens is 2. The standard InChI is InChI=1S/C15H12BrFN2O/c16-12-5-6-13(17)14(7-12)19-9-15(20)11-3-1-10(8-18)2-4-11/h1-7,15,19-20H,9H2. The summed E-state index contributed by atoms with van der Waals surface area (Å²) in [5.41, 5.74) is 1.53. The van der Waals surface area contributed by atoms with Crippen molar-refractivity contribution in [1.29, 1.82) is 5.26 Å². The second-order valence-electron chi connectivity index (χ2n) is 4.25. The van der Waals surface area contributed by atoms with E-state index in [-0.39, 0.29) is 12.4 Å². The fraction of sp³-hybridized carbons (Fsp3) is 0.133. The molecule has 0 radical (unpaired) electrons. The topological polar surface area (TPSA) is 56.0 Å². The normalized spacial score (nSPS) is 11.7. The third kappa shape index (κ3) is 3.56. The van der Waals surface area contributed by atoms with Crippen LogP contribution in [0.2, 0.25) is 0 Å². The van der Waals surface area contributed by atoms with E-state index in [2.05, 4.69) is 21.2 Å². The van der Waals surface area contributed by atoms with E-state index in [1.54, 1.807) is 36.4 Å². The second kappa shape index (κ2) is 6.51. The molecular formula is C15H12BrFN2O. The Labute approximate surface area is 124 Å². The molecule has 0 aliphatic rings. The van der Waals surface area contributed by atoms with E-state index in [9.17, 15) is 9.50 Å². The van der Waals surface area contributed by atoms with Crippen molar-refractivity contribution in [3.63, 3.8) is 0 Å². The fourth-order valence-corrected chi connectivity index (χ4v) is 2.10. The van der Waals surface area contributed by atoms with Gasteiger partial charge in [0.05, 0.1) is 23.4 Å². The van der Waals surface area contributed by atoms with Crippen LogP contribution in [-0.2, 0) is 0 Å². The van der Waals surface area contributed by atoms with Crippen molar-refractivity contribution in [3.8, 4) is 6.07 Å². The number of aliphatic hydroxyl groups is 1. The molecule has 2 aromatic rings. The molecule has 0 saturated carbocycles. The van der Waals surface area contributed by atoms with Crippen LogP contribution >= 0.6 is 15.9 Å². The van der Waals surface area contributed by atoms with Gasteiger partial charge >= 0.3 is 0 Å². The molecule has 1 atom stereocenters. The lowest BCUT2D eigenvalue weighted by molar-refractivity contribution is 0.191. The molecule has 2 rings (SSSR count). The average molecular weight is 335 g/mol. The molecule has 0 heterocycles. The van der Waals surface area contributed by atoms with Crippen molar-refractivity contribution in [2.75, 3.05) is 11.9 Å². The Morgan fingerprint density at radius 3 is 2.60 bits per heavy atom. The largest absolute Gasteiger partial charge is 0.387 e. The third-order valence-corrected chi connectivity index (χ3v) is 3.33. The van der Waals surface area contributed by atoms with E-state index < -0.39 is 6.10 Å². The van der Waals surface area contributed by atoms with Crippen molar-refractivity contribution in [2.24, 2.45) is 0 Å². The molecule has 1 unspecified atom stereocenters. The van der Waals surface area contributed by atoms with E-state index in [0.29, 0.717) is 16.8 Å². The predicted molar refractivity (Wildman–Crippen MR) is 78.7 cm³/mol. The van der Waals surface area contributed by atoms with Gasteiger partial charge in [0.15, 0.2) is 0 Å². The van der Waals surface area contributed by atoms with Crippen LogP contribution < -0.4 is 5.32 Å². The fourth-order valence-electron chi connectivity index (χ4n) is 1.74. The first-order valence-corrected chi connectivity index (χ1v) is 6.76. The van der Waals surface area contributed by atoms with Gasteiger partial charge in [0, 0.05) is 11.0 Å². The Bertz CT molecular complexity index is 637. The van der Waals surface area contributed by atoms with Gasteiger partial charge in [-0.05, 0) is 35.9 Å². The van der Waals surface area contributed by atoms with Crippen LogP contribution in [0.1, 0.15) is 17.2 Å². The summed E-state index contributed by atoms with van der Waals surface area (Å²) >= 11 is 3.26. The molecule has 0 spiro atoms. The summed E-state index contributed by atoms with van der Waals surface area (Å²) in [6, 6.07) is 13.2. The van der Waals surface area contributed by atoms with E-state index in [1.165, 1.54) is 6.07 Å². The Morgan fingerprint density at radius 1 is 1.25 bits per heavy atom. The van der Waals surface area contributed by atoms with E-state index in [1.807, 2.05) is 6.07 Å². The predicted octanol–water partition coefficient (Wildman–Crippen LogP) is 3.61. The number of nitriles is 1. The van der Waals surface area contributed by atoms with Crippen LogP contribution in [0.15, 0.2) is 46.9 Å². The number of benzene rings is 2. The Hall–Kier alpha value is -1.90. The molecule has 0 aliphatic heterocycles. The number of aliphatic hydroxyl groups excluding tert-OH is 1. The molecule has 5 heteroatoms. The summed E-state index contributed by atoms with van der Waals surface area (Å²) in [4.78, 5) is 0. The molecule has 0 aliphatic carbocycles. The monoisotopic (exact) mass is 334 g/mol. The van der Waals surface area contributed by atoms with Crippen LogP contribution in [0.25, 0.3) is 0 Å². The van der Waals surface area contributed by atoms with Gasteiger partial charge in [-0.25, -0.2) is 4.39 Å². The molecule has 2 aromatic carbocycles.